The van der Waals surface area contributed by atoms with E-state index in [-0.39, 0.29) is 16.1 Å². The second-order valence-corrected chi connectivity index (χ2v) is 11.0. The van der Waals surface area contributed by atoms with E-state index >= 15 is 0 Å². The van der Waals surface area contributed by atoms with Gasteiger partial charge in [-0.2, -0.15) is 4.31 Å². The van der Waals surface area contributed by atoms with Crippen molar-refractivity contribution in [2.24, 2.45) is 0 Å². The lowest BCUT2D eigenvalue weighted by Gasteiger charge is -2.31. The van der Waals surface area contributed by atoms with Crippen LogP contribution in [0.5, 0.6) is 0 Å². The van der Waals surface area contributed by atoms with Gasteiger partial charge in [-0.1, -0.05) is 27.7 Å². The summed E-state index contributed by atoms with van der Waals surface area (Å²) in [6.45, 7) is 4.16. The van der Waals surface area contributed by atoms with E-state index < -0.39 is 10.0 Å². The van der Waals surface area contributed by atoms with Crippen LogP contribution in [0.4, 0.5) is 5.69 Å². The Morgan fingerprint density at radius 1 is 1.14 bits per heavy atom. The summed E-state index contributed by atoms with van der Waals surface area (Å²) in [5, 5.41) is 3.07. The first-order chi connectivity index (χ1) is 13.8. The van der Waals surface area contributed by atoms with Crippen LogP contribution >= 0.6 is 27.7 Å². The molecule has 2 heterocycles. The van der Waals surface area contributed by atoms with Crippen molar-refractivity contribution in [1.82, 2.24) is 14.2 Å². The normalized spacial score (nSPS) is 17.1. The van der Waals surface area contributed by atoms with Gasteiger partial charge in [0, 0.05) is 42.5 Å². The summed E-state index contributed by atoms with van der Waals surface area (Å²) in [6, 6.07) is 10.5. The van der Waals surface area contributed by atoms with Gasteiger partial charge in [-0.25, -0.2) is 13.4 Å². The summed E-state index contributed by atoms with van der Waals surface area (Å²) < 4.78 is 27.9. The van der Waals surface area contributed by atoms with Gasteiger partial charge in [-0.3, -0.25) is 4.79 Å². The van der Waals surface area contributed by atoms with Crippen LogP contribution in [0.3, 0.4) is 0 Å². The van der Waals surface area contributed by atoms with Gasteiger partial charge in [-0.05, 0) is 50.4 Å². The second-order valence-electron chi connectivity index (χ2n) is 6.80. The molecule has 29 heavy (non-hydrogen) atoms. The Balaban J connectivity index is 1.60. The SMILES string of the molecule is CC(Sc1ccc(S(=O)(=O)N2CCN(C)CC2)cn1)C(=O)Nc1ccc(Br)cc1. The molecule has 1 N–H and O–H groups in total. The van der Waals surface area contributed by atoms with Crippen molar-refractivity contribution in [3.63, 3.8) is 0 Å². The minimum atomic E-state index is -3.54. The van der Waals surface area contributed by atoms with Gasteiger partial charge in [0.1, 0.15) is 4.90 Å². The van der Waals surface area contributed by atoms with Crippen molar-refractivity contribution in [3.05, 3.63) is 47.1 Å². The van der Waals surface area contributed by atoms with Crippen LogP contribution in [0.25, 0.3) is 0 Å². The molecule has 1 aliphatic rings. The van der Waals surface area contributed by atoms with Gasteiger partial charge in [0.25, 0.3) is 0 Å². The quantitative estimate of drug-likeness (QED) is 0.616. The second kappa shape index (κ2) is 9.57. The molecule has 1 saturated heterocycles. The molecule has 1 fully saturated rings. The first-order valence-electron chi connectivity index (χ1n) is 9.13. The number of carbonyl (C=O) groups is 1. The van der Waals surface area contributed by atoms with Gasteiger partial charge in [0.2, 0.25) is 15.9 Å². The number of thioether (sulfide) groups is 1. The van der Waals surface area contributed by atoms with Crippen LogP contribution in [0.2, 0.25) is 0 Å². The number of piperazine rings is 1. The molecule has 0 aliphatic carbocycles. The van der Waals surface area contributed by atoms with Crippen LogP contribution in [0, 0.1) is 0 Å². The number of carbonyl (C=O) groups excluding carboxylic acids is 1. The average Bonchev–Trinajstić information content (AvgIpc) is 2.70. The lowest BCUT2D eigenvalue weighted by molar-refractivity contribution is -0.115. The number of rotatable bonds is 6. The predicted molar refractivity (Wildman–Crippen MR) is 119 cm³/mol. The van der Waals surface area contributed by atoms with Crippen LogP contribution in [-0.4, -0.2) is 67.0 Å². The number of hydrogen-bond acceptors (Lipinski definition) is 6. The van der Waals surface area contributed by atoms with E-state index in [2.05, 4.69) is 31.1 Å². The van der Waals surface area contributed by atoms with Gasteiger partial charge in [0.05, 0.1) is 10.3 Å². The first kappa shape index (κ1) is 22.2. The number of halogens is 1. The van der Waals surface area contributed by atoms with E-state index in [9.17, 15) is 13.2 Å². The highest BCUT2D eigenvalue weighted by Crippen LogP contribution is 2.25. The molecule has 0 saturated carbocycles. The van der Waals surface area contributed by atoms with E-state index in [0.29, 0.717) is 36.9 Å². The molecule has 7 nitrogen and oxygen atoms in total. The Kier molecular flexibility index (Phi) is 7.33. The maximum absolute atomic E-state index is 12.8. The Hall–Kier alpha value is -1.46. The fraction of sp³-hybridized carbons (Fsp3) is 0.368. The monoisotopic (exact) mass is 498 g/mol. The van der Waals surface area contributed by atoms with Gasteiger partial charge < -0.3 is 10.2 Å². The third kappa shape index (κ3) is 5.79. The van der Waals surface area contributed by atoms with E-state index in [1.54, 1.807) is 19.1 Å². The summed E-state index contributed by atoms with van der Waals surface area (Å²) in [7, 11) is -1.56. The number of likely N-dealkylation sites (N-methyl/N-ethyl adjacent to an activating group) is 1. The summed E-state index contributed by atoms with van der Waals surface area (Å²) in [5.41, 5.74) is 0.715. The van der Waals surface area contributed by atoms with Crippen molar-refractivity contribution >= 4 is 49.3 Å². The topological polar surface area (TPSA) is 82.6 Å². The fourth-order valence-electron chi connectivity index (χ4n) is 2.78. The molecule has 1 unspecified atom stereocenters. The van der Waals surface area contributed by atoms with Crippen LogP contribution in [0.1, 0.15) is 6.92 Å². The summed E-state index contributed by atoms with van der Waals surface area (Å²) >= 11 is 4.64. The Morgan fingerprint density at radius 3 is 2.38 bits per heavy atom. The van der Waals surface area contributed by atoms with Crippen molar-refractivity contribution < 1.29 is 13.2 Å². The number of anilines is 1. The van der Waals surface area contributed by atoms with Crippen molar-refractivity contribution in [2.45, 2.75) is 22.1 Å². The summed E-state index contributed by atoms with van der Waals surface area (Å²) in [4.78, 5) is 18.9. The van der Waals surface area contributed by atoms with Crippen molar-refractivity contribution in [3.8, 4) is 0 Å². The maximum atomic E-state index is 12.8. The molecule has 10 heteroatoms. The smallest absolute Gasteiger partial charge is 0.244 e. The number of hydrogen-bond donors (Lipinski definition) is 1. The van der Waals surface area contributed by atoms with Gasteiger partial charge >= 0.3 is 0 Å². The number of amides is 1. The number of benzene rings is 1. The van der Waals surface area contributed by atoms with E-state index in [1.165, 1.54) is 22.3 Å². The molecule has 2 aromatic rings. The zero-order valence-electron chi connectivity index (χ0n) is 16.2. The highest BCUT2D eigenvalue weighted by atomic mass is 79.9. The lowest BCUT2D eigenvalue weighted by atomic mass is 10.3. The standard InChI is InChI=1S/C19H23BrN4O3S2/c1-14(19(25)22-16-5-3-15(20)4-6-16)28-18-8-7-17(13-21-18)29(26,27)24-11-9-23(2)10-12-24/h3-8,13-14H,9-12H2,1-2H3,(H,22,25). The zero-order valence-corrected chi connectivity index (χ0v) is 19.4. The number of nitrogens with one attached hydrogen (secondary N) is 1. The lowest BCUT2D eigenvalue weighted by Crippen LogP contribution is -2.47. The molecule has 3 rings (SSSR count). The van der Waals surface area contributed by atoms with Gasteiger partial charge in [-0.15, -0.1) is 0 Å². The molecule has 156 valence electrons. The average molecular weight is 499 g/mol. The van der Waals surface area contributed by atoms with Crippen LogP contribution in [-0.2, 0) is 14.8 Å². The molecule has 1 atom stereocenters. The van der Waals surface area contributed by atoms with Gasteiger partial charge in [0.15, 0.2) is 0 Å². The van der Waals surface area contributed by atoms with E-state index in [1.807, 2.05) is 31.3 Å². The zero-order chi connectivity index (χ0) is 21.0. The minimum Gasteiger partial charge on any atom is -0.325 e. The summed E-state index contributed by atoms with van der Waals surface area (Å²) in [6.07, 6.45) is 1.37. The third-order valence-corrected chi connectivity index (χ3v) is 8.05. The molecule has 0 radical (unpaired) electrons. The van der Waals surface area contributed by atoms with E-state index in [4.69, 9.17) is 0 Å². The predicted octanol–water partition coefficient (Wildman–Crippen LogP) is 2.90. The molecular weight excluding hydrogens is 476 g/mol. The Labute approximate surface area is 184 Å². The summed E-state index contributed by atoms with van der Waals surface area (Å²) in [5.74, 6) is -0.145. The van der Waals surface area contributed by atoms with Crippen molar-refractivity contribution in [2.75, 3.05) is 38.5 Å². The maximum Gasteiger partial charge on any atom is 0.244 e. The van der Waals surface area contributed by atoms with Crippen LogP contribution < -0.4 is 5.32 Å². The highest BCUT2D eigenvalue weighted by molar-refractivity contribution is 9.10. The fourth-order valence-corrected chi connectivity index (χ4v) is 5.20. The minimum absolute atomic E-state index is 0.145. The number of sulfonamides is 1. The molecule has 1 aromatic heterocycles. The molecule has 1 aliphatic heterocycles. The molecular formula is C19H23BrN4O3S2. The Morgan fingerprint density at radius 2 is 1.79 bits per heavy atom. The number of nitrogens with zero attached hydrogens (tertiary/aromatic N) is 3. The first-order valence-corrected chi connectivity index (χ1v) is 12.2. The highest BCUT2D eigenvalue weighted by Gasteiger charge is 2.27. The molecule has 0 bridgehead atoms. The molecule has 0 spiro atoms. The molecule has 1 aromatic carbocycles. The number of aromatic nitrogens is 1. The largest absolute Gasteiger partial charge is 0.325 e. The number of pyridine rings is 1. The van der Waals surface area contributed by atoms with E-state index in [0.717, 1.165) is 4.47 Å². The van der Waals surface area contributed by atoms with Crippen LogP contribution in [0.15, 0.2) is 57.0 Å². The Bertz CT molecular complexity index is 944. The third-order valence-electron chi connectivity index (χ3n) is 4.59. The van der Waals surface area contributed by atoms with Crippen molar-refractivity contribution in [1.29, 1.82) is 0 Å². The molecule has 1 amide bonds.